The minimum Gasteiger partial charge on any atom is -0.396 e. The van der Waals surface area contributed by atoms with Gasteiger partial charge in [-0.05, 0) is 19.4 Å². The molecule has 0 rings (SSSR count). The molecule has 0 aromatic rings. The monoisotopic (exact) mass is 160 g/mol. The highest BCUT2D eigenvalue weighted by Gasteiger charge is 1.99. The first kappa shape index (κ1) is 10.9. The summed E-state index contributed by atoms with van der Waals surface area (Å²) in [6.07, 6.45) is 1.53. The molecule has 0 saturated heterocycles. The summed E-state index contributed by atoms with van der Waals surface area (Å²) in [5, 5.41) is 18.7. The predicted octanol–water partition coefficient (Wildman–Crippen LogP) is 0.511. The molecule has 0 aliphatic heterocycles. The molecule has 11 heavy (non-hydrogen) atoms. The van der Waals surface area contributed by atoms with Crippen LogP contribution in [0, 0.1) is 0 Å². The topological polar surface area (TPSA) is 43.4 Å². The maximum absolute atomic E-state index is 10.1. The van der Waals surface area contributed by atoms with Crippen LogP contribution in [0.25, 0.3) is 0 Å². The Morgan fingerprint density at radius 3 is 2.36 bits per heavy atom. The first-order valence-corrected chi connectivity index (χ1v) is 4.26. The zero-order chi connectivity index (χ0) is 8.53. The standard InChI is InChI=1S/C8H18NO2/c1-2-9(5-3-7-10)6-4-8-11/h10H,2-8H2,1H3. The average molecular weight is 160 g/mol. The highest BCUT2D eigenvalue weighted by Crippen LogP contribution is 1.92. The fourth-order valence-corrected chi connectivity index (χ4v) is 1.01. The highest BCUT2D eigenvalue weighted by molar-refractivity contribution is 4.54. The number of aliphatic hydroxyl groups is 1. The van der Waals surface area contributed by atoms with Gasteiger partial charge in [0.05, 0.1) is 6.61 Å². The van der Waals surface area contributed by atoms with Gasteiger partial charge >= 0.3 is 0 Å². The van der Waals surface area contributed by atoms with Gasteiger partial charge in [0.2, 0.25) is 0 Å². The summed E-state index contributed by atoms with van der Waals surface area (Å²) in [5.41, 5.74) is 0. The van der Waals surface area contributed by atoms with Crippen LogP contribution in [-0.4, -0.2) is 42.9 Å². The van der Waals surface area contributed by atoms with Crippen molar-refractivity contribution in [3.63, 3.8) is 0 Å². The zero-order valence-electron chi connectivity index (χ0n) is 7.25. The highest BCUT2D eigenvalue weighted by atomic mass is 16.3. The fraction of sp³-hybridized carbons (Fsp3) is 1.00. The Kier molecular flexibility index (Phi) is 7.89. The van der Waals surface area contributed by atoms with Gasteiger partial charge in [0.25, 0.3) is 0 Å². The minimum atomic E-state index is 0.00955. The Labute approximate surface area is 68.6 Å². The number of hydrogen-bond donors (Lipinski definition) is 1. The van der Waals surface area contributed by atoms with Gasteiger partial charge in [0, 0.05) is 19.7 Å². The molecule has 67 valence electrons. The van der Waals surface area contributed by atoms with Crippen molar-refractivity contribution in [2.45, 2.75) is 19.8 Å². The summed E-state index contributed by atoms with van der Waals surface area (Å²) in [6, 6.07) is 0. The SMILES string of the molecule is CCN(CCC[O])CCCO. The molecule has 0 spiro atoms. The van der Waals surface area contributed by atoms with Gasteiger partial charge in [0.15, 0.2) is 0 Å². The number of rotatable bonds is 7. The molecule has 0 atom stereocenters. The maximum atomic E-state index is 10.1. The first-order chi connectivity index (χ1) is 5.35. The van der Waals surface area contributed by atoms with Crippen molar-refractivity contribution in [1.82, 2.24) is 4.90 Å². The summed E-state index contributed by atoms with van der Waals surface area (Å²) in [7, 11) is 0. The number of aliphatic hydroxyl groups excluding tert-OH is 1. The van der Waals surface area contributed by atoms with Crippen molar-refractivity contribution in [3.8, 4) is 0 Å². The molecule has 0 aliphatic carbocycles. The molecule has 0 aromatic carbocycles. The molecule has 0 bridgehead atoms. The lowest BCUT2D eigenvalue weighted by molar-refractivity contribution is 0.162. The molecule has 0 aliphatic rings. The van der Waals surface area contributed by atoms with Crippen LogP contribution in [0.1, 0.15) is 19.8 Å². The van der Waals surface area contributed by atoms with Crippen LogP contribution in [0.5, 0.6) is 0 Å². The second-order valence-electron chi connectivity index (χ2n) is 2.57. The molecule has 0 amide bonds. The lowest BCUT2D eigenvalue weighted by Gasteiger charge is -2.18. The van der Waals surface area contributed by atoms with Crippen LogP contribution in [0.15, 0.2) is 0 Å². The molecule has 3 heteroatoms. The second kappa shape index (κ2) is 7.98. The molecule has 1 N–H and O–H groups in total. The molecule has 0 saturated carbocycles. The molecule has 0 unspecified atom stereocenters. The molecule has 3 nitrogen and oxygen atoms in total. The Hall–Kier alpha value is -0.120. The van der Waals surface area contributed by atoms with E-state index in [-0.39, 0.29) is 13.2 Å². The van der Waals surface area contributed by atoms with Gasteiger partial charge in [0.1, 0.15) is 0 Å². The minimum absolute atomic E-state index is 0.00955. The largest absolute Gasteiger partial charge is 0.396 e. The van der Waals surface area contributed by atoms with E-state index in [1.165, 1.54) is 0 Å². The third kappa shape index (κ3) is 6.28. The molecular formula is C8H18NO2. The smallest absolute Gasteiger partial charge is 0.0834 e. The van der Waals surface area contributed by atoms with Crippen LogP contribution in [0.3, 0.4) is 0 Å². The van der Waals surface area contributed by atoms with Crippen LogP contribution >= 0.6 is 0 Å². The number of nitrogens with zero attached hydrogens (tertiary/aromatic N) is 1. The van der Waals surface area contributed by atoms with Gasteiger partial charge in [-0.15, -0.1) is 0 Å². The summed E-state index contributed by atoms with van der Waals surface area (Å²) in [4.78, 5) is 2.19. The van der Waals surface area contributed by atoms with E-state index in [2.05, 4.69) is 11.8 Å². The third-order valence-electron chi connectivity index (χ3n) is 1.70. The molecular weight excluding hydrogens is 142 g/mol. The summed E-state index contributed by atoms with van der Waals surface area (Å²) in [5.74, 6) is 0. The lowest BCUT2D eigenvalue weighted by atomic mass is 10.3. The van der Waals surface area contributed by atoms with Crippen LogP contribution < -0.4 is 0 Å². The summed E-state index contributed by atoms with van der Waals surface area (Å²) >= 11 is 0. The predicted molar refractivity (Wildman–Crippen MR) is 44.0 cm³/mol. The Balaban J connectivity index is 3.25. The molecule has 0 fully saturated rings. The van der Waals surface area contributed by atoms with Gasteiger partial charge in [-0.1, -0.05) is 6.92 Å². The van der Waals surface area contributed by atoms with Crippen molar-refractivity contribution >= 4 is 0 Å². The fourth-order valence-electron chi connectivity index (χ4n) is 1.01. The van der Waals surface area contributed by atoms with Crippen molar-refractivity contribution in [1.29, 1.82) is 0 Å². The van der Waals surface area contributed by atoms with E-state index in [1.807, 2.05) is 0 Å². The van der Waals surface area contributed by atoms with E-state index in [1.54, 1.807) is 0 Å². The third-order valence-corrected chi connectivity index (χ3v) is 1.70. The second-order valence-corrected chi connectivity index (χ2v) is 2.57. The van der Waals surface area contributed by atoms with E-state index >= 15 is 0 Å². The van der Waals surface area contributed by atoms with Crippen LogP contribution in [0.2, 0.25) is 0 Å². The van der Waals surface area contributed by atoms with E-state index in [0.717, 1.165) is 32.5 Å². The normalized spacial score (nSPS) is 10.9. The Morgan fingerprint density at radius 1 is 1.27 bits per heavy atom. The van der Waals surface area contributed by atoms with Crippen LogP contribution in [0.4, 0.5) is 0 Å². The van der Waals surface area contributed by atoms with Gasteiger partial charge in [-0.2, -0.15) is 0 Å². The van der Waals surface area contributed by atoms with Crippen molar-refractivity contribution in [3.05, 3.63) is 0 Å². The number of hydrogen-bond acceptors (Lipinski definition) is 2. The average Bonchev–Trinajstić information content (AvgIpc) is 2.05. The summed E-state index contributed by atoms with van der Waals surface area (Å²) in [6.45, 7) is 5.08. The van der Waals surface area contributed by atoms with Crippen LogP contribution in [-0.2, 0) is 5.11 Å². The molecule has 0 heterocycles. The summed E-state index contributed by atoms with van der Waals surface area (Å²) < 4.78 is 0. The van der Waals surface area contributed by atoms with Gasteiger partial charge in [-0.3, -0.25) is 0 Å². The quantitative estimate of drug-likeness (QED) is 0.589. The van der Waals surface area contributed by atoms with Gasteiger partial charge < -0.3 is 10.0 Å². The van der Waals surface area contributed by atoms with Crippen molar-refractivity contribution in [2.24, 2.45) is 0 Å². The zero-order valence-corrected chi connectivity index (χ0v) is 7.25. The van der Waals surface area contributed by atoms with Gasteiger partial charge in [-0.25, -0.2) is 5.11 Å². The van der Waals surface area contributed by atoms with Crippen molar-refractivity contribution < 1.29 is 10.2 Å². The Morgan fingerprint density at radius 2 is 1.91 bits per heavy atom. The maximum Gasteiger partial charge on any atom is 0.0834 e. The van der Waals surface area contributed by atoms with E-state index < -0.39 is 0 Å². The first-order valence-electron chi connectivity index (χ1n) is 4.26. The van der Waals surface area contributed by atoms with E-state index in [4.69, 9.17) is 5.11 Å². The Bertz CT molecular complexity index is 70.5. The van der Waals surface area contributed by atoms with Crippen molar-refractivity contribution in [2.75, 3.05) is 32.8 Å². The van der Waals surface area contributed by atoms with E-state index in [9.17, 15) is 5.11 Å². The van der Waals surface area contributed by atoms with E-state index in [0.29, 0.717) is 0 Å². The molecule has 0 aromatic heterocycles. The molecule has 1 radical (unpaired) electrons. The lowest BCUT2D eigenvalue weighted by Crippen LogP contribution is -2.26.